The van der Waals surface area contributed by atoms with Crippen molar-refractivity contribution in [1.29, 1.82) is 0 Å². The lowest BCUT2D eigenvalue weighted by molar-refractivity contribution is 0.392. The van der Waals surface area contributed by atoms with Crippen LogP contribution in [0.15, 0.2) is 6.33 Å². The van der Waals surface area contributed by atoms with Gasteiger partial charge in [-0.1, -0.05) is 0 Å². The van der Waals surface area contributed by atoms with Gasteiger partial charge in [0.25, 0.3) is 0 Å². The number of nitrogens with zero attached hydrogens (tertiary/aromatic N) is 4. The number of aryl methyl sites for hydroxylation is 1. The largest absolute Gasteiger partial charge is 0.366 e. The van der Waals surface area contributed by atoms with Gasteiger partial charge < -0.3 is 10.2 Å². The predicted octanol–water partition coefficient (Wildman–Crippen LogP) is 1.76. The molecule has 0 aliphatic rings. The van der Waals surface area contributed by atoms with Crippen LogP contribution in [0.2, 0.25) is 0 Å². The Hall–Kier alpha value is -1.27. The molecule has 2 heterocycles. The minimum Gasteiger partial charge on any atom is -0.366 e. The summed E-state index contributed by atoms with van der Waals surface area (Å²) in [5.41, 5.74) is 0.991. The van der Waals surface area contributed by atoms with E-state index in [4.69, 9.17) is 0 Å². The number of hydrogen-bond donors (Lipinski definition) is 1. The molecule has 0 spiro atoms. The van der Waals surface area contributed by atoms with Gasteiger partial charge in [-0.25, -0.2) is 9.97 Å². The smallest absolute Gasteiger partial charge is 0.149 e. The van der Waals surface area contributed by atoms with E-state index < -0.39 is 0 Å². The summed E-state index contributed by atoms with van der Waals surface area (Å²) in [7, 11) is 4.12. The molecular weight excluding hydrogens is 234 g/mol. The Bertz CT molecular complexity index is 508. The molecule has 0 aliphatic carbocycles. The summed E-state index contributed by atoms with van der Waals surface area (Å²) in [6, 6.07) is 0.336. The van der Waals surface area contributed by atoms with Crippen molar-refractivity contribution in [1.82, 2.24) is 19.2 Å². The highest BCUT2D eigenvalue weighted by atomic mass is 32.1. The van der Waals surface area contributed by atoms with E-state index in [1.165, 1.54) is 11.5 Å². The summed E-state index contributed by atoms with van der Waals surface area (Å²) < 4.78 is 4.31. The summed E-state index contributed by atoms with van der Waals surface area (Å²) >= 11 is 1.42. The first-order chi connectivity index (χ1) is 8.08. The number of likely N-dealkylation sites (N-methyl/N-ethyl adjacent to an activating group) is 1. The zero-order valence-electron chi connectivity index (χ0n) is 10.6. The number of nitrogens with one attached hydrogen (secondary N) is 1. The van der Waals surface area contributed by atoms with Gasteiger partial charge in [-0.2, -0.15) is 4.37 Å². The minimum absolute atomic E-state index is 0.336. The molecule has 2 rings (SSSR count). The Morgan fingerprint density at radius 3 is 2.88 bits per heavy atom. The Morgan fingerprint density at radius 2 is 2.18 bits per heavy atom. The minimum atomic E-state index is 0.336. The van der Waals surface area contributed by atoms with Crippen LogP contribution in [0.25, 0.3) is 10.2 Å². The maximum atomic E-state index is 4.31. The second kappa shape index (κ2) is 4.93. The lowest BCUT2D eigenvalue weighted by Gasteiger charge is -2.19. The maximum Gasteiger partial charge on any atom is 0.149 e. The molecule has 0 fully saturated rings. The molecule has 6 heteroatoms. The van der Waals surface area contributed by atoms with Crippen molar-refractivity contribution in [3.8, 4) is 0 Å². The number of aromatic nitrogens is 3. The van der Waals surface area contributed by atoms with Crippen molar-refractivity contribution in [2.45, 2.75) is 19.9 Å². The van der Waals surface area contributed by atoms with Crippen LogP contribution in [0.3, 0.4) is 0 Å². The molecule has 0 bridgehead atoms. The lowest BCUT2D eigenvalue weighted by atomic mass is 10.2. The van der Waals surface area contributed by atoms with E-state index in [2.05, 4.69) is 45.6 Å². The predicted molar refractivity (Wildman–Crippen MR) is 71.6 cm³/mol. The fourth-order valence-corrected chi connectivity index (χ4v) is 2.60. The molecule has 1 unspecified atom stereocenters. The van der Waals surface area contributed by atoms with E-state index in [0.29, 0.717) is 6.04 Å². The van der Waals surface area contributed by atoms with Gasteiger partial charge in [0.2, 0.25) is 0 Å². The summed E-state index contributed by atoms with van der Waals surface area (Å²) in [5.74, 6) is 0.885. The van der Waals surface area contributed by atoms with Crippen molar-refractivity contribution in [3.05, 3.63) is 12.0 Å². The highest BCUT2D eigenvalue weighted by molar-refractivity contribution is 7.13. The van der Waals surface area contributed by atoms with Gasteiger partial charge in [0.1, 0.15) is 17.0 Å². The first-order valence-corrected chi connectivity index (χ1v) is 6.33. The second-order valence-corrected chi connectivity index (χ2v) is 5.23. The third kappa shape index (κ3) is 2.70. The highest BCUT2D eigenvalue weighted by Crippen LogP contribution is 2.25. The van der Waals surface area contributed by atoms with Gasteiger partial charge in [-0.3, -0.25) is 0 Å². The molecule has 0 saturated heterocycles. The molecule has 5 nitrogen and oxygen atoms in total. The molecule has 0 saturated carbocycles. The van der Waals surface area contributed by atoms with E-state index in [1.807, 2.05) is 6.92 Å². The molecule has 2 aromatic rings. The molecule has 0 amide bonds. The molecular formula is C11H17N5S. The van der Waals surface area contributed by atoms with Gasteiger partial charge in [0, 0.05) is 12.6 Å². The second-order valence-electron chi connectivity index (χ2n) is 4.48. The molecule has 1 N–H and O–H groups in total. The quantitative estimate of drug-likeness (QED) is 0.897. The van der Waals surface area contributed by atoms with E-state index in [0.717, 1.165) is 28.3 Å². The van der Waals surface area contributed by atoms with Crippen LogP contribution < -0.4 is 5.32 Å². The van der Waals surface area contributed by atoms with Gasteiger partial charge in [-0.15, -0.1) is 0 Å². The average Bonchev–Trinajstić information content (AvgIpc) is 2.60. The highest BCUT2D eigenvalue weighted by Gasteiger charge is 2.12. The Balaban J connectivity index is 2.26. The average molecular weight is 251 g/mol. The van der Waals surface area contributed by atoms with Gasteiger partial charge in [0.15, 0.2) is 0 Å². The fourth-order valence-electron chi connectivity index (χ4n) is 1.86. The topological polar surface area (TPSA) is 53.9 Å². The number of rotatable bonds is 4. The van der Waals surface area contributed by atoms with Crippen LogP contribution in [0.1, 0.15) is 12.6 Å². The van der Waals surface area contributed by atoms with Gasteiger partial charge >= 0.3 is 0 Å². The van der Waals surface area contributed by atoms with Gasteiger partial charge in [0.05, 0.1) is 11.1 Å². The lowest BCUT2D eigenvalue weighted by Crippen LogP contribution is -2.30. The zero-order valence-corrected chi connectivity index (χ0v) is 11.4. The van der Waals surface area contributed by atoms with E-state index in [9.17, 15) is 0 Å². The summed E-state index contributed by atoms with van der Waals surface area (Å²) in [4.78, 5) is 11.6. The summed E-state index contributed by atoms with van der Waals surface area (Å²) in [6.07, 6.45) is 1.59. The first kappa shape index (κ1) is 12.2. The molecule has 92 valence electrons. The Morgan fingerprint density at radius 1 is 1.41 bits per heavy atom. The van der Waals surface area contributed by atoms with Crippen LogP contribution in [0, 0.1) is 6.92 Å². The van der Waals surface area contributed by atoms with Crippen LogP contribution in [-0.4, -0.2) is 45.9 Å². The fraction of sp³-hybridized carbons (Fsp3) is 0.545. The van der Waals surface area contributed by atoms with Crippen molar-refractivity contribution in [3.63, 3.8) is 0 Å². The molecule has 2 aromatic heterocycles. The molecule has 0 aromatic carbocycles. The van der Waals surface area contributed by atoms with Crippen LogP contribution in [-0.2, 0) is 0 Å². The summed E-state index contributed by atoms with van der Waals surface area (Å²) in [5, 5.41) is 4.46. The third-order valence-electron chi connectivity index (χ3n) is 2.47. The van der Waals surface area contributed by atoms with Gasteiger partial charge in [-0.05, 0) is 39.5 Å². The number of fused-ring (bicyclic) bond motifs is 1. The molecule has 17 heavy (non-hydrogen) atoms. The monoisotopic (exact) mass is 251 g/mol. The van der Waals surface area contributed by atoms with E-state index in [1.54, 1.807) is 6.33 Å². The standard InChI is InChI=1S/C11H17N5S/c1-7(5-16(3)4)14-10-9-8(2)15-17-11(9)13-6-12-10/h6-7H,5H2,1-4H3,(H,12,13,14). The van der Waals surface area contributed by atoms with E-state index >= 15 is 0 Å². The van der Waals surface area contributed by atoms with Crippen LogP contribution >= 0.6 is 11.5 Å². The van der Waals surface area contributed by atoms with Crippen LogP contribution in [0.4, 0.5) is 5.82 Å². The molecule has 0 radical (unpaired) electrons. The van der Waals surface area contributed by atoms with E-state index in [-0.39, 0.29) is 0 Å². The summed E-state index contributed by atoms with van der Waals surface area (Å²) in [6.45, 7) is 5.09. The van der Waals surface area contributed by atoms with Crippen molar-refractivity contribution in [2.75, 3.05) is 26.0 Å². The van der Waals surface area contributed by atoms with Crippen molar-refractivity contribution >= 4 is 27.6 Å². The maximum absolute atomic E-state index is 4.31. The Kier molecular flexibility index (Phi) is 3.54. The SMILES string of the molecule is Cc1nsc2ncnc(NC(C)CN(C)C)c12. The van der Waals surface area contributed by atoms with Crippen molar-refractivity contribution < 1.29 is 0 Å². The van der Waals surface area contributed by atoms with Crippen molar-refractivity contribution in [2.24, 2.45) is 0 Å². The Labute approximate surface area is 105 Å². The first-order valence-electron chi connectivity index (χ1n) is 5.56. The zero-order chi connectivity index (χ0) is 12.4. The number of hydrogen-bond acceptors (Lipinski definition) is 6. The molecule has 0 aliphatic heterocycles. The number of anilines is 1. The third-order valence-corrected chi connectivity index (χ3v) is 3.31. The molecule has 1 atom stereocenters. The normalized spacial score (nSPS) is 13.2. The van der Waals surface area contributed by atoms with Crippen LogP contribution in [0.5, 0.6) is 0 Å².